The Morgan fingerprint density at radius 2 is 2.25 bits per heavy atom. The summed E-state index contributed by atoms with van der Waals surface area (Å²) in [6, 6.07) is 7.70. The molecule has 1 aromatic carbocycles. The highest BCUT2D eigenvalue weighted by Crippen LogP contribution is 2.29. The van der Waals surface area contributed by atoms with E-state index in [1.54, 1.807) is 11.7 Å². The van der Waals surface area contributed by atoms with Crippen LogP contribution in [0.15, 0.2) is 24.3 Å². The normalized spacial score (nSPS) is 18.8. The van der Waals surface area contributed by atoms with Gasteiger partial charge in [0.2, 0.25) is 0 Å². The van der Waals surface area contributed by atoms with Crippen LogP contribution in [0, 0.1) is 0 Å². The van der Waals surface area contributed by atoms with E-state index in [2.05, 4.69) is 20.4 Å². The molecule has 1 aliphatic heterocycles. The summed E-state index contributed by atoms with van der Waals surface area (Å²) >= 11 is 0. The first-order valence-corrected chi connectivity index (χ1v) is 6.39. The molecular weight excluding hydrogens is 258 g/mol. The minimum atomic E-state index is -0.793. The summed E-state index contributed by atoms with van der Waals surface area (Å²) in [5.41, 5.74) is 1.97. The van der Waals surface area contributed by atoms with Gasteiger partial charge in [0.1, 0.15) is 0 Å². The molecule has 7 heteroatoms. The monoisotopic (exact) mass is 273 g/mol. The van der Waals surface area contributed by atoms with Crippen LogP contribution in [0.1, 0.15) is 22.9 Å². The van der Waals surface area contributed by atoms with Crippen LogP contribution in [0.25, 0.3) is 0 Å². The highest BCUT2D eigenvalue weighted by Gasteiger charge is 2.30. The maximum Gasteiger partial charge on any atom is 0.312 e. The van der Waals surface area contributed by atoms with E-state index in [0.29, 0.717) is 19.6 Å². The average molecular weight is 273 g/mol. The van der Waals surface area contributed by atoms with Crippen molar-refractivity contribution in [1.82, 2.24) is 25.1 Å². The number of benzene rings is 1. The maximum absolute atomic E-state index is 11.5. The summed E-state index contributed by atoms with van der Waals surface area (Å²) in [4.78, 5) is 13.5. The number of carboxylic acid groups (broad SMARTS) is 1. The molecule has 1 aromatic heterocycles. The first kappa shape index (κ1) is 12.7. The van der Waals surface area contributed by atoms with Crippen molar-refractivity contribution in [2.75, 3.05) is 6.54 Å². The Morgan fingerprint density at radius 3 is 2.95 bits per heavy atom. The molecule has 0 aliphatic carbocycles. The fourth-order valence-corrected chi connectivity index (χ4v) is 2.59. The number of nitrogens with zero attached hydrogens (tertiary/aromatic N) is 5. The van der Waals surface area contributed by atoms with Gasteiger partial charge in [0.25, 0.3) is 0 Å². The SMILES string of the molecule is Cn1nnnc1CN1Cc2ccccc2C(C(=O)O)C1. The fourth-order valence-electron chi connectivity index (χ4n) is 2.59. The zero-order valence-corrected chi connectivity index (χ0v) is 11.1. The summed E-state index contributed by atoms with van der Waals surface area (Å²) in [5, 5.41) is 20.8. The third kappa shape index (κ3) is 2.27. The molecular formula is C13H15N5O2. The smallest absolute Gasteiger partial charge is 0.312 e. The molecule has 0 saturated heterocycles. The molecule has 0 radical (unpaired) electrons. The highest BCUT2D eigenvalue weighted by molar-refractivity contribution is 5.77. The van der Waals surface area contributed by atoms with E-state index in [4.69, 9.17) is 0 Å². The Morgan fingerprint density at radius 1 is 1.45 bits per heavy atom. The van der Waals surface area contributed by atoms with Crippen molar-refractivity contribution in [2.24, 2.45) is 7.05 Å². The number of rotatable bonds is 3. The van der Waals surface area contributed by atoms with Crippen LogP contribution in [0.4, 0.5) is 0 Å². The van der Waals surface area contributed by atoms with Crippen LogP contribution in [0.2, 0.25) is 0 Å². The number of fused-ring (bicyclic) bond motifs is 1. The molecule has 0 amide bonds. The zero-order chi connectivity index (χ0) is 14.1. The molecule has 20 heavy (non-hydrogen) atoms. The molecule has 1 atom stereocenters. The lowest BCUT2D eigenvalue weighted by atomic mass is 9.90. The van der Waals surface area contributed by atoms with Crippen molar-refractivity contribution in [3.05, 3.63) is 41.2 Å². The molecule has 7 nitrogen and oxygen atoms in total. The fraction of sp³-hybridized carbons (Fsp3) is 0.385. The first-order chi connectivity index (χ1) is 9.65. The Bertz CT molecular complexity index is 639. The van der Waals surface area contributed by atoms with Gasteiger partial charge in [0.15, 0.2) is 5.82 Å². The van der Waals surface area contributed by atoms with E-state index in [0.717, 1.165) is 17.0 Å². The van der Waals surface area contributed by atoms with Crippen molar-refractivity contribution in [3.63, 3.8) is 0 Å². The molecule has 2 heterocycles. The minimum Gasteiger partial charge on any atom is -0.481 e. The van der Waals surface area contributed by atoms with Gasteiger partial charge in [0.05, 0.1) is 12.5 Å². The first-order valence-electron chi connectivity index (χ1n) is 6.39. The topological polar surface area (TPSA) is 84.1 Å². The largest absolute Gasteiger partial charge is 0.481 e. The number of hydrogen-bond donors (Lipinski definition) is 1. The average Bonchev–Trinajstić information content (AvgIpc) is 2.83. The molecule has 1 N–H and O–H groups in total. The summed E-state index contributed by atoms with van der Waals surface area (Å²) in [7, 11) is 1.78. The Balaban J connectivity index is 1.86. The van der Waals surface area contributed by atoms with Gasteiger partial charge in [-0.15, -0.1) is 5.10 Å². The standard InChI is InChI=1S/C13H15N5O2/c1-17-12(14-15-16-17)8-18-6-9-4-2-3-5-10(9)11(7-18)13(19)20/h2-5,11H,6-8H2,1H3,(H,19,20). The van der Waals surface area contributed by atoms with Crippen LogP contribution in [0.3, 0.4) is 0 Å². The molecule has 0 spiro atoms. The Labute approximate surface area is 115 Å². The van der Waals surface area contributed by atoms with E-state index in [-0.39, 0.29) is 0 Å². The molecule has 3 rings (SSSR count). The van der Waals surface area contributed by atoms with E-state index in [9.17, 15) is 9.90 Å². The molecule has 1 unspecified atom stereocenters. The molecule has 0 fully saturated rings. The van der Waals surface area contributed by atoms with Crippen LogP contribution < -0.4 is 0 Å². The van der Waals surface area contributed by atoms with Gasteiger partial charge in [-0.1, -0.05) is 24.3 Å². The van der Waals surface area contributed by atoms with Crippen LogP contribution in [0.5, 0.6) is 0 Å². The molecule has 0 saturated carbocycles. The lowest BCUT2D eigenvalue weighted by Gasteiger charge is -2.32. The summed E-state index contributed by atoms with van der Waals surface area (Å²) in [6.45, 7) is 1.73. The van der Waals surface area contributed by atoms with Crippen molar-refractivity contribution in [1.29, 1.82) is 0 Å². The third-order valence-corrected chi connectivity index (χ3v) is 3.64. The molecule has 2 aromatic rings. The third-order valence-electron chi connectivity index (χ3n) is 3.64. The molecule has 0 bridgehead atoms. The van der Waals surface area contributed by atoms with Gasteiger partial charge in [-0.05, 0) is 21.6 Å². The van der Waals surface area contributed by atoms with Gasteiger partial charge in [-0.3, -0.25) is 9.69 Å². The molecule has 104 valence electrons. The van der Waals surface area contributed by atoms with Crippen molar-refractivity contribution in [3.8, 4) is 0 Å². The number of aromatic nitrogens is 4. The summed E-state index contributed by atoms with van der Waals surface area (Å²) in [5.74, 6) is -0.562. The number of aliphatic carboxylic acids is 1. The van der Waals surface area contributed by atoms with Crippen molar-refractivity contribution >= 4 is 5.97 Å². The predicted octanol–water partition coefficient (Wildman–Crippen LogP) is 0.394. The van der Waals surface area contributed by atoms with Crippen LogP contribution in [-0.4, -0.2) is 42.7 Å². The van der Waals surface area contributed by atoms with Gasteiger partial charge < -0.3 is 5.11 Å². The quantitative estimate of drug-likeness (QED) is 0.871. The molecule has 1 aliphatic rings. The number of hydrogen-bond acceptors (Lipinski definition) is 5. The predicted molar refractivity (Wildman–Crippen MR) is 69.7 cm³/mol. The number of carbonyl (C=O) groups is 1. The van der Waals surface area contributed by atoms with Crippen molar-refractivity contribution in [2.45, 2.75) is 19.0 Å². The zero-order valence-electron chi connectivity index (χ0n) is 11.1. The Hall–Kier alpha value is -2.28. The van der Waals surface area contributed by atoms with E-state index in [1.165, 1.54) is 0 Å². The maximum atomic E-state index is 11.5. The second-order valence-electron chi connectivity index (χ2n) is 4.98. The number of carboxylic acids is 1. The van der Waals surface area contributed by atoms with E-state index < -0.39 is 11.9 Å². The van der Waals surface area contributed by atoms with E-state index in [1.807, 2.05) is 24.3 Å². The number of tetrazole rings is 1. The minimum absolute atomic E-state index is 0.471. The summed E-state index contributed by atoms with van der Waals surface area (Å²) in [6.07, 6.45) is 0. The van der Waals surface area contributed by atoms with Crippen LogP contribution in [-0.2, 0) is 24.9 Å². The van der Waals surface area contributed by atoms with Gasteiger partial charge in [0, 0.05) is 20.1 Å². The second kappa shape index (κ2) is 5.01. The van der Waals surface area contributed by atoms with Gasteiger partial charge in [-0.2, -0.15) is 0 Å². The van der Waals surface area contributed by atoms with Crippen molar-refractivity contribution < 1.29 is 9.90 Å². The second-order valence-corrected chi connectivity index (χ2v) is 4.98. The number of aryl methyl sites for hydroxylation is 1. The van der Waals surface area contributed by atoms with Gasteiger partial charge in [-0.25, -0.2) is 4.68 Å². The van der Waals surface area contributed by atoms with E-state index >= 15 is 0 Å². The lowest BCUT2D eigenvalue weighted by Crippen LogP contribution is -2.37. The Kier molecular flexibility index (Phi) is 3.19. The highest BCUT2D eigenvalue weighted by atomic mass is 16.4. The van der Waals surface area contributed by atoms with Crippen LogP contribution >= 0.6 is 0 Å². The summed E-state index contributed by atoms with van der Waals surface area (Å²) < 4.78 is 1.61. The lowest BCUT2D eigenvalue weighted by molar-refractivity contribution is -0.139. The van der Waals surface area contributed by atoms with Gasteiger partial charge >= 0.3 is 5.97 Å².